The van der Waals surface area contributed by atoms with Crippen molar-refractivity contribution in [2.24, 2.45) is 0 Å². The number of nitrogens with one attached hydrogen (secondary N) is 1. The fraction of sp³-hybridized carbons (Fsp3) is 0.136. The summed E-state index contributed by atoms with van der Waals surface area (Å²) in [5.41, 5.74) is 1.97. The van der Waals surface area contributed by atoms with Crippen LogP contribution in [0.3, 0.4) is 0 Å². The lowest BCUT2D eigenvalue weighted by atomic mass is 10.1. The lowest BCUT2D eigenvalue weighted by Crippen LogP contribution is -2.54. The number of carbonyl (C=O) groups is 3. The molecule has 0 spiro atoms. The van der Waals surface area contributed by atoms with Gasteiger partial charge in [0.2, 0.25) is 0 Å². The van der Waals surface area contributed by atoms with E-state index < -0.39 is 17.8 Å². The number of aryl methyl sites for hydroxylation is 1. The van der Waals surface area contributed by atoms with Crippen LogP contribution in [-0.4, -0.2) is 24.5 Å². The van der Waals surface area contributed by atoms with Crippen molar-refractivity contribution < 1.29 is 19.1 Å². The van der Waals surface area contributed by atoms with Crippen LogP contribution in [0.1, 0.15) is 18.1 Å². The van der Waals surface area contributed by atoms with Crippen LogP contribution in [0.5, 0.6) is 5.75 Å². The number of halogens is 2. The Morgan fingerprint density at radius 2 is 1.90 bits per heavy atom. The van der Waals surface area contributed by atoms with E-state index in [1.807, 2.05) is 19.1 Å². The predicted molar refractivity (Wildman–Crippen MR) is 127 cm³/mol. The summed E-state index contributed by atoms with van der Waals surface area (Å²) in [6, 6.07) is 9.83. The summed E-state index contributed by atoms with van der Waals surface area (Å²) < 4.78 is 7.09. The molecule has 0 radical (unpaired) electrons. The van der Waals surface area contributed by atoms with E-state index in [4.69, 9.17) is 4.74 Å². The molecule has 0 aliphatic carbocycles. The van der Waals surface area contributed by atoms with Crippen molar-refractivity contribution in [1.82, 2.24) is 5.32 Å². The number of benzene rings is 2. The maximum atomic E-state index is 13.0. The average Bonchev–Trinajstić information content (AvgIpc) is 2.71. The van der Waals surface area contributed by atoms with Gasteiger partial charge in [0.05, 0.1) is 13.7 Å². The lowest BCUT2D eigenvalue weighted by molar-refractivity contribution is -0.122. The van der Waals surface area contributed by atoms with E-state index in [-0.39, 0.29) is 5.57 Å². The molecule has 1 aliphatic rings. The van der Waals surface area contributed by atoms with Crippen molar-refractivity contribution in [2.75, 3.05) is 11.5 Å². The largest absolute Gasteiger partial charge is 0.487 e. The van der Waals surface area contributed by atoms with Crippen LogP contribution in [-0.2, 0) is 16.0 Å². The fourth-order valence-corrected chi connectivity index (χ4v) is 4.65. The van der Waals surface area contributed by atoms with E-state index in [0.29, 0.717) is 28.1 Å². The van der Waals surface area contributed by atoms with Gasteiger partial charge in [-0.2, -0.15) is 0 Å². The molecular weight excluding hydrogens is 563 g/mol. The highest BCUT2D eigenvalue weighted by atomic mass is 127. The van der Waals surface area contributed by atoms with Crippen molar-refractivity contribution in [1.29, 1.82) is 0 Å². The Morgan fingerprint density at radius 3 is 2.50 bits per heavy atom. The SMILES string of the molecule is C=CCOc1c(Br)cc(/C=C2/C(=O)NC(=O)N(c3ccc(CC)cc3)C2=O)cc1I. The summed E-state index contributed by atoms with van der Waals surface area (Å²) in [5, 5.41) is 2.24. The maximum absolute atomic E-state index is 13.0. The molecule has 2 aromatic carbocycles. The Balaban J connectivity index is 1.97. The van der Waals surface area contributed by atoms with Crippen LogP contribution in [0.4, 0.5) is 10.5 Å². The Kier molecular flexibility index (Phi) is 7.09. The highest BCUT2D eigenvalue weighted by Crippen LogP contribution is 2.33. The number of urea groups is 1. The summed E-state index contributed by atoms with van der Waals surface area (Å²) in [5.74, 6) is -0.763. The number of ether oxygens (including phenoxy) is 1. The van der Waals surface area contributed by atoms with Crippen molar-refractivity contribution in [3.63, 3.8) is 0 Å². The topological polar surface area (TPSA) is 75.7 Å². The van der Waals surface area contributed by atoms with Gasteiger partial charge in [-0.15, -0.1) is 0 Å². The molecule has 30 heavy (non-hydrogen) atoms. The lowest BCUT2D eigenvalue weighted by Gasteiger charge is -2.26. The van der Waals surface area contributed by atoms with Crippen molar-refractivity contribution in [3.8, 4) is 5.75 Å². The Bertz CT molecular complexity index is 1040. The van der Waals surface area contributed by atoms with E-state index in [9.17, 15) is 14.4 Å². The molecule has 3 rings (SSSR count). The van der Waals surface area contributed by atoms with E-state index in [2.05, 4.69) is 50.4 Å². The zero-order chi connectivity index (χ0) is 21.8. The van der Waals surface area contributed by atoms with Gasteiger partial charge in [-0.05, 0) is 86.4 Å². The predicted octanol–water partition coefficient (Wildman–Crippen LogP) is 4.85. The minimum absolute atomic E-state index is 0.128. The molecular formula is C22H18BrIN2O4. The molecule has 6 nitrogen and oxygen atoms in total. The molecule has 1 N–H and O–H groups in total. The molecule has 4 amide bonds. The monoisotopic (exact) mass is 580 g/mol. The van der Waals surface area contributed by atoms with E-state index in [1.165, 1.54) is 6.08 Å². The van der Waals surface area contributed by atoms with Gasteiger partial charge >= 0.3 is 6.03 Å². The minimum atomic E-state index is -0.768. The summed E-state index contributed by atoms with van der Waals surface area (Å²) in [6.07, 6.45) is 3.94. The molecule has 0 unspecified atom stereocenters. The molecule has 0 bridgehead atoms. The number of nitrogens with zero attached hydrogens (tertiary/aromatic N) is 1. The van der Waals surface area contributed by atoms with Gasteiger partial charge in [-0.1, -0.05) is 31.7 Å². The van der Waals surface area contributed by atoms with Crippen LogP contribution in [0.2, 0.25) is 0 Å². The highest BCUT2D eigenvalue weighted by molar-refractivity contribution is 14.1. The third-order valence-corrected chi connectivity index (χ3v) is 5.77. The van der Waals surface area contributed by atoms with Crippen molar-refractivity contribution in [3.05, 3.63) is 73.8 Å². The summed E-state index contributed by atoms with van der Waals surface area (Å²) in [4.78, 5) is 38.7. The molecule has 0 atom stereocenters. The van der Waals surface area contributed by atoms with Crippen molar-refractivity contribution in [2.45, 2.75) is 13.3 Å². The van der Waals surface area contributed by atoms with Crippen LogP contribution in [0, 0.1) is 3.57 Å². The second-order valence-electron chi connectivity index (χ2n) is 6.39. The number of rotatable bonds is 6. The molecule has 1 heterocycles. The van der Waals surface area contributed by atoms with Crippen LogP contribution in [0.25, 0.3) is 6.08 Å². The van der Waals surface area contributed by atoms with Crippen LogP contribution >= 0.6 is 38.5 Å². The van der Waals surface area contributed by atoms with Gasteiger partial charge in [0.1, 0.15) is 17.9 Å². The second kappa shape index (κ2) is 9.57. The smallest absolute Gasteiger partial charge is 0.335 e. The number of amides is 4. The molecule has 154 valence electrons. The van der Waals surface area contributed by atoms with E-state index >= 15 is 0 Å². The number of hydrogen-bond acceptors (Lipinski definition) is 4. The Hall–Kier alpha value is -2.46. The van der Waals surface area contributed by atoms with E-state index in [1.54, 1.807) is 30.3 Å². The number of hydrogen-bond donors (Lipinski definition) is 1. The Labute approximate surface area is 196 Å². The number of imide groups is 2. The number of barbiturate groups is 1. The van der Waals surface area contributed by atoms with Gasteiger partial charge in [0.15, 0.2) is 0 Å². The molecule has 2 aromatic rings. The normalized spacial score (nSPS) is 15.4. The quantitative estimate of drug-likeness (QED) is 0.229. The van der Waals surface area contributed by atoms with Crippen LogP contribution in [0.15, 0.2) is 59.1 Å². The first kappa shape index (κ1) is 22.2. The number of carbonyl (C=O) groups excluding carboxylic acids is 3. The molecule has 1 aliphatic heterocycles. The summed E-state index contributed by atoms with van der Waals surface area (Å²) in [6.45, 7) is 5.99. The van der Waals surface area contributed by atoms with Gasteiger partial charge in [-0.25, -0.2) is 9.69 Å². The third kappa shape index (κ3) is 4.65. The molecule has 1 fully saturated rings. The first-order valence-corrected chi connectivity index (χ1v) is 11.0. The highest BCUT2D eigenvalue weighted by Gasteiger charge is 2.36. The molecule has 8 heteroatoms. The molecule has 1 saturated heterocycles. The standard InChI is InChI=1S/C22H18BrIN2O4/c1-3-9-30-19-17(23)11-14(12-18(19)24)10-16-20(27)25-22(29)26(21(16)28)15-7-5-13(4-2)6-8-15/h3,5-8,10-12H,1,4,9H2,2H3,(H,25,27,29)/b16-10-. The fourth-order valence-electron chi connectivity index (χ4n) is 2.88. The van der Waals surface area contributed by atoms with Gasteiger partial charge < -0.3 is 4.74 Å². The summed E-state index contributed by atoms with van der Waals surface area (Å²) in [7, 11) is 0. The van der Waals surface area contributed by atoms with E-state index in [0.717, 1.165) is 20.5 Å². The zero-order valence-corrected chi connectivity index (χ0v) is 19.8. The van der Waals surface area contributed by atoms with Gasteiger partial charge in [-0.3, -0.25) is 14.9 Å². The Morgan fingerprint density at radius 1 is 1.20 bits per heavy atom. The molecule has 0 aromatic heterocycles. The second-order valence-corrected chi connectivity index (χ2v) is 8.41. The third-order valence-electron chi connectivity index (χ3n) is 4.38. The number of anilines is 1. The summed E-state index contributed by atoms with van der Waals surface area (Å²) >= 11 is 5.56. The molecule has 0 saturated carbocycles. The van der Waals surface area contributed by atoms with Gasteiger partial charge in [0, 0.05) is 0 Å². The first-order valence-electron chi connectivity index (χ1n) is 9.08. The average molecular weight is 581 g/mol. The first-order chi connectivity index (χ1) is 14.3. The van der Waals surface area contributed by atoms with Gasteiger partial charge in [0.25, 0.3) is 11.8 Å². The van der Waals surface area contributed by atoms with Crippen molar-refractivity contribution >= 4 is 68.1 Å². The van der Waals surface area contributed by atoms with Crippen LogP contribution < -0.4 is 15.0 Å². The minimum Gasteiger partial charge on any atom is -0.487 e. The maximum Gasteiger partial charge on any atom is 0.335 e. The zero-order valence-electron chi connectivity index (χ0n) is 16.1.